The monoisotopic (exact) mass is 246 g/mol. The Bertz CT molecular complexity index is 315. The molecule has 2 nitrogen and oxygen atoms in total. The van der Waals surface area contributed by atoms with Gasteiger partial charge in [0.25, 0.3) is 0 Å². The van der Waals surface area contributed by atoms with Gasteiger partial charge >= 0.3 is 0 Å². The molecular weight excluding hydrogens is 220 g/mol. The summed E-state index contributed by atoms with van der Waals surface area (Å²) in [6, 6.07) is 6.81. The van der Waals surface area contributed by atoms with E-state index in [-0.39, 0.29) is 0 Å². The van der Waals surface area contributed by atoms with Gasteiger partial charge in [-0.3, -0.25) is 4.98 Å². The molecule has 1 N–H and O–H groups in total. The van der Waals surface area contributed by atoms with Crippen LogP contribution in [0, 0.1) is 5.92 Å². The Labute approximate surface area is 111 Å². The number of rotatable bonds is 5. The van der Waals surface area contributed by atoms with Crippen molar-refractivity contribution in [2.75, 3.05) is 6.54 Å². The first kappa shape index (κ1) is 13.5. The number of hydrogen-bond donors (Lipinski definition) is 1. The molecule has 18 heavy (non-hydrogen) atoms. The molecule has 0 radical (unpaired) electrons. The molecule has 0 spiro atoms. The molecule has 1 saturated carbocycles. The lowest BCUT2D eigenvalue weighted by Gasteiger charge is -2.23. The van der Waals surface area contributed by atoms with Gasteiger partial charge in [-0.2, -0.15) is 0 Å². The SMILES string of the molecule is C[C@@H](NCCc1ccccn1)C1CCCCCC1. The van der Waals surface area contributed by atoms with Crippen LogP contribution >= 0.6 is 0 Å². The largest absolute Gasteiger partial charge is 0.314 e. The summed E-state index contributed by atoms with van der Waals surface area (Å²) in [6.45, 7) is 3.41. The lowest BCUT2D eigenvalue weighted by atomic mass is 9.93. The van der Waals surface area contributed by atoms with Crippen LogP contribution in [0.5, 0.6) is 0 Å². The number of pyridine rings is 1. The quantitative estimate of drug-likeness (QED) is 0.803. The first-order valence-corrected chi connectivity index (χ1v) is 7.49. The van der Waals surface area contributed by atoms with Gasteiger partial charge in [0.1, 0.15) is 0 Å². The number of hydrogen-bond acceptors (Lipinski definition) is 2. The van der Waals surface area contributed by atoms with Crippen molar-refractivity contribution >= 4 is 0 Å². The summed E-state index contributed by atoms with van der Waals surface area (Å²) in [4.78, 5) is 4.36. The lowest BCUT2D eigenvalue weighted by molar-refractivity contribution is 0.339. The Morgan fingerprint density at radius 1 is 1.22 bits per heavy atom. The number of aromatic nitrogens is 1. The summed E-state index contributed by atoms with van der Waals surface area (Å²) in [7, 11) is 0. The maximum Gasteiger partial charge on any atom is 0.0416 e. The molecule has 100 valence electrons. The van der Waals surface area contributed by atoms with E-state index in [0.717, 1.165) is 18.9 Å². The number of nitrogens with one attached hydrogen (secondary N) is 1. The van der Waals surface area contributed by atoms with Crippen LogP contribution in [-0.4, -0.2) is 17.6 Å². The van der Waals surface area contributed by atoms with E-state index in [9.17, 15) is 0 Å². The molecule has 1 aromatic heterocycles. The summed E-state index contributed by atoms with van der Waals surface area (Å²) in [5, 5.41) is 3.69. The second kappa shape index (κ2) is 7.52. The van der Waals surface area contributed by atoms with E-state index in [2.05, 4.69) is 29.4 Å². The van der Waals surface area contributed by atoms with Crippen LogP contribution < -0.4 is 5.32 Å². The van der Waals surface area contributed by atoms with E-state index in [1.165, 1.54) is 44.2 Å². The summed E-state index contributed by atoms with van der Waals surface area (Å²) < 4.78 is 0. The van der Waals surface area contributed by atoms with E-state index < -0.39 is 0 Å². The highest BCUT2D eigenvalue weighted by Gasteiger charge is 2.18. The first-order valence-electron chi connectivity index (χ1n) is 7.49. The van der Waals surface area contributed by atoms with Crippen molar-refractivity contribution in [3.05, 3.63) is 30.1 Å². The molecule has 1 heterocycles. The molecule has 2 heteroatoms. The fourth-order valence-electron chi connectivity index (χ4n) is 2.95. The smallest absolute Gasteiger partial charge is 0.0416 e. The van der Waals surface area contributed by atoms with Crippen LogP contribution in [0.2, 0.25) is 0 Å². The Morgan fingerprint density at radius 2 is 2.00 bits per heavy atom. The van der Waals surface area contributed by atoms with Crippen LogP contribution in [0.25, 0.3) is 0 Å². The topological polar surface area (TPSA) is 24.9 Å². The molecule has 1 fully saturated rings. The zero-order chi connectivity index (χ0) is 12.6. The van der Waals surface area contributed by atoms with Gasteiger partial charge in [0.05, 0.1) is 0 Å². The minimum Gasteiger partial charge on any atom is -0.314 e. The van der Waals surface area contributed by atoms with E-state index >= 15 is 0 Å². The molecule has 0 amide bonds. The zero-order valence-electron chi connectivity index (χ0n) is 11.6. The second-order valence-electron chi connectivity index (χ2n) is 5.57. The third kappa shape index (κ3) is 4.41. The predicted molar refractivity (Wildman–Crippen MR) is 76.6 cm³/mol. The third-order valence-corrected chi connectivity index (χ3v) is 4.18. The highest BCUT2D eigenvalue weighted by Crippen LogP contribution is 2.25. The van der Waals surface area contributed by atoms with Crippen molar-refractivity contribution in [1.82, 2.24) is 10.3 Å². The van der Waals surface area contributed by atoms with Gasteiger partial charge in [0.2, 0.25) is 0 Å². The molecule has 1 atom stereocenters. The molecule has 0 saturated heterocycles. The Morgan fingerprint density at radius 3 is 2.67 bits per heavy atom. The average molecular weight is 246 g/mol. The Kier molecular flexibility index (Phi) is 5.66. The Balaban J connectivity index is 1.69. The molecule has 0 aliphatic heterocycles. The predicted octanol–water partition coefficient (Wildman–Crippen LogP) is 3.57. The summed E-state index contributed by atoms with van der Waals surface area (Å²) in [5.74, 6) is 0.885. The van der Waals surface area contributed by atoms with Crippen LogP contribution in [0.15, 0.2) is 24.4 Å². The van der Waals surface area contributed by atoms with E-state index in [1.807, 2.05) is 12.3 Å². The van der Waals surface area contributed by atoms with Crippen molar-refractivity contribution in [2.24, 2.45) is 5.92 Å². The van der Waals surface area contributed by atoms with Gasteiger partial charge in [-0.1, -0.05) is 31.7 Å². The zero-order valence-corrected chi connectivity index (χ0v) is 11.6. The highest BCUT2D eigenvalue weighted by atomic mass is 14.9. The summed E-state index contributed by atoms with van der Waals surface area (Å²) >= 11 is 0. The van der Waals surface area contributed by atoms with Gasteiger partial charge in [0, 0.05) is 30.9 Å². The molecule has 1 aliphatic carbocycles. The molecule has 0 aromatic carbocycles. The van der Waals surface area contributed by atoms with E-state index in [0.29, 0.717) is 6.04 Å². The maximum atomic E-state index is 4.36. The molecular formula is C16H26N2. The van der Waals surface area contributed by atoms with Crippen molar-refractivity contribution in [3.63, 3.8) is 0 Å². The second-order valence-corrected chi connectivity index (χ2v) is 5.57. The highest BCUT2D eigenvalue weighted by molar-refractivity contribution is 5.03. The molecule has 0 bridgehead atoms. The summed E-state index contributed by atoms with van der Waals surface area (Å²) in [5.41, 5.74) is 1.19. The molecule has 1 aromatic rings. The summed E-state index contributed by atoms with van der Waals surface area (Å²) in [6.07, 6.45) is 11.5. The van der Waals surface area contributed by atoms with E-state index in [4.69, 9.17) is 0 Å². The van der Waals surface area contributed by atoms with Crippen LogP contribution in [0.1, 0.15) is 51.1 Å². The fourth-order valence-corrected chi connectivity index (χ4v) is 2.95. The van der Waals surface area contributed by atoms with Crippen LogP contribution in [0.3, 0.4) is 0 Å². The van der Waals surface area contributed by atoms with Gasteiger partial charge in [0.15, 0.2) is 0 Å². The fraction of sp³-hybridized carbons (Fsp3) is 0.688. The van der Waals surface area contributed by atoms with E-state index in [1.54, 1.807) is 0 Å². The minimum absolute atomic E-state index is 0.659. The van der Waals surface area contributed by atoms with Gasteiger partial charge in [-0.25, -0.2) is 0 Å². The number of nitrogens with zero attached hydrogens (tertiary/aromatic N) is 1. The third-order valence-electron chi connectivity index (χ3n) is 4.18. The van der Waals surface area contributed by atoms with Crippen molar-refractivity contribution in [2.45, 2.75) is 57.9 Å². The Hall–Kier alpha value is -0.890. The average Bonchev–Trinajstić information content (AvgIpc) is 2.69. The standard InChI is InChI=1S/C16H26N2/c1-14(15-8-4-2-3-5-9-15)17-13-11-16-10-6-7-12-18-16/h6-7,10,12,14-15,17H,2-5,8-9,11,13H2,1H3/t14-/m1/s1. The van der Waals surface area contributed by atoms with Gasteiger partial charge in [-0.15, -0.1) is 0 Å². The molecule has 1 aliphatic rings. The molecule has 2 rings (SSSR count). The van der Waals surface area contributed by atoms with Crippen molar-refractivity contribution in [3.8, 4) is 0 Å². The van der Waals surface area contributed by atoms with Crippen LogP contribution in [-0.2, 0) is 6.42 Å². The normalized spacial score (nSPS) is 19.4. The van der Waals surface area contributed by atoms with Gasteiger partial charge < -0.3 is 5.32 Å². The van der Waals surface area contributed by atoms with Crippen LogP contribution in [0.4, 0.5) is 0 Å². The molecule has 0 unspecified atom stereocenters. The maximum absolute atomic E-state index is 4.36. The van der Waals surface area contributed by atoms with Gasteiger partial charge in [-0.05, 0) is 37.8 Å². The van der Waals surface area contributed by atoms with Crippen molar-refractivity contribution in [1.29, 1.82) is 0 Å². The van der Waals surface area contributed by atoms with Crippen molar-refractivity contribution < 1.29 is 0 Å². The minimum atomic E-state index is 0.659. The lowest BCUT2D eigenvalue weighted by Crippen LogP contribution is -2.34. The first-order chi connectivity index (χ1) is 8.86.